The second-order valence-corrected chi connectivity index (χ2v) is 2.36. The van der Waals surface area contributed by atoms with Gasteiger partial charge in [0, 0.05) is 0 Å². The molecule has 0 aliphatic carbocycles. The number of allylic oxidation sites excluding steroid dienone is 1. The first-order valence-electron chi connectivity index (χ1n) is 3.62. The Morgan fingerprint density at radius 2 is 2.50 bits per heavy atom. The van der Waals surface area contributed by atoms with Crippen LogP contribution in [0, 0.1) is 0 Å². The number of aromatic hydroxyl groups is 1. The summed E-state index contributed by atoms with van der Waals surface area (Å²) in [6.07, 6.45) is 3.99. The molecule has 0 radical (unpaired) electrons. The molecule has 0 saturated carbocycles. The van der Waals surface area contributed by atoms with Crippen molar-refractivity contribution in [2.24, 2.45) is 0 Å². The predicted molar refractivity (Wildman–Crippen MR) is 45.0 cm³/mol. The Labute approximate surface area is 69.6 Å². The molecule has 0 bridgehead atoms. The number of H-pyrrole nitrogens is 1. The van der Waals surface area contributed by atoms with Crippen molar-refractivity contribution in [2.75, 3.05) is 0 Å². The van der Waals surface area contributed by atoms with E-state index >= 15 is 0 Å². The lowest BCUT2D eigenvalue weighted by molar-refractivity contribution is 0.442. The van der Waals surface area contributed by atoms with Gasteiger partial charge in [-0.2, -0.15) is 0 Å². The van der Waals surface area contributed by atoms with E-state index in [9.17, 15) is 4.79 Å². The van der Waals surface area contributed by atoms with Gasteiger partial charge in [0.05, 0.1) is 11.9 Å². The SMILES string of the molecule is C=CCCc1c(O)nc[nH]c1=O. The zero-order chi connectivity index (χ0) is 8.97. The molecule has 1 aromatic heterocycles. The van der Waals surface area contributed by atoms with Crippen LogP contribution in [0.1, 0.15) is 12.0 Å². The van der Waals surface area contributed by atoms with Crippen molar-refractivity contribution in [1.82, 2.24) is 9.97 Å². The molecule has 64 valence electrons. The molecule has 1 heterocycles. The van der Waals surface area contributed by atoms with Gasteiger partial charge < -0.3 is 10.1 Å². The third-order valence-corrected chi connectivity index (χ3v) is 1.52. The Morgan fingerprint density at radius 1 is 1.75 bits per heavy atom. The summed E-state index contributed by atoms with van der Waals surface area (Å²) in [5.41, 5.74) is 0.0294. The van der Waals surface area contributed by atoms with Gasteiger partial charge in [-0.25, -0.2) is 4.98 Å². The number of rotatable bonds is 3. The van der Waals surface area contributed by atoms with E-state index < -0.39 is 0 Å². The fourth-order valence-corrected chi connectivity index (χ4v) is 0.890. The summed E-state index contributed by atoms with van der Waals surface area (Å²) >= 11 is 0. The van der Waals surface area contributed by atoms with Gasteiger partial charge in [0.2, 0.25) is 5.88 Å². The Kier molecular flexibility index (Phi) is 2.63. The molecule has 0 aliphatic rings. The van der Waals surface area contributed by atoms with Gasteiger partial charge in [-0.15, -0.1) is 6.58 Å². The molecule has 0 saturated heterocycles. The molecular weight excluding hydrogens is 156 g/mol. The molecule has 0 aliphatic heterocycles. The van der Waals surface area contributed by atoms with E-state index in [1.165, 1.54) is 6.33 Å². The third kappa shape index (κ3) is 1.72. The minimum atomic E-state index is -0.288. The van der Waals surface area contributed by atoms with Crippen molar-refractivity contribution < 1.29 is 5.11 Å². The van der Waals surface area contributed by atoms with Gasteiger partial charge in [0.25, 0.3) is 5.56 Å². The lowest BCUT2D eigenvalue weighted by Gasteiger charge is -1.98. The molecule has 0 spiro atoms. The van der Waals surface area contributed by atoms with Crippen molar-refractivity contribution in [1.29, 1.82) is 0 Å². The highest BCUT2D eigenvalue weighted by Crippen LogP contribution is 2.08. The average Bonchev–Trinajstić information content (AvgIpc) is 2.04. The normalized spacial score (nSPS) is 9.67. The van der Waals surface area contributed by atoms with Crippen molar-refractivity contribution in [2.45, 2.75) is 12.8 Å². The summed E-state index contributed by atoms with van der Waals surface area (Å²) in [6.45, 7) is 3.52. The van der Waals surface area contributed by atoms with Crippen LogP contribution < -0.4 is 5.56 Å². The molecule has 4 nitrogen and oxygen atoms in total. The maximum atomic E-state index is 11.1. The van der Waals surface area contributed by atoms with E-state index in [1.54, 1.807) is 6.08 Å². The van der Waals surface area contributed by atoms with Crippen LogP contribution in [0.5, 0.6) is 5.88 Å². The van der Waals surface area contributed by atoms with Crippen LogP contribution in [0.2, 0.25) is 0 Å². The zero-order valence-electron chi connectivity index (χ0n) is 6.58. The van der Waals surface area contributed by atoms with Gasteiger partial charge in [0.15, 0.2) is 0 Å². The first-order chi connectivity index (χ1) is 5.75. The highest BCUT2D eigenvalue weighted by Gasteiger charge is 2.04. The minimum absolute atomic E-state index is 0.194. The lowest BCUT2D eigenvalue weighted by atomic mass is 10.2. The van der Waals surface area contributed by atoms with E-state index in [0.29, 0.717) is 18.4 Å². The molecule has 0 fully saturated rings. The first kappa shape index (κ1) is 8.52. The third-order valence-electron chi connectivity index (χ3n) is 1.52. The Hall–Kier alpha value is -1.58. The molecule has 0 amide bonds. The number of nitrogens with zero attached hydrogens (tertiary/aromatic N) is 1. The monoisotopic (exact) mass is 166 g/mol. The largest absolute Gasteiger partial charge is 0.493 e. The topological polar surface area (TPSA) is 66.0 Å². The fourth-order valence-electron chi connectivity index (χ4n) is 0.890. The molecule has 0 aromatic carbocycles. The highest BCUT2D eigenvalue weighted by molar-refractivity contribution is 5.20. The van der Waals surface area contributed by atoms with Gasteiger partial charge in [-0.05, 0) is 12.8 Å². The molecule has 1 rings (SSSR count). The van der Waals surface area contributed by atoms with Crippen molar-refractivity contribution in [3.8, 4) is 5.88 Å². The molecule has 12 heavy (non-hydrogen) atoms. The molecule has 2 N–H and O–H groups in total. The van der Waals surface area contributed by atoms with Crippen LogP contribution in [-0.2, 0) is 6.42 Å². The molecule has 0 atom stereocenters. The molecular formula is C8H10N2O2. The van der Waals surface area contributed by atoms with Gasteiger partial charge in [-0.1, -0.05) is 6.08 Å². The van der Waals surface area contributed by atoms with Gasteiger partial charge in [-0.3, -0.25) is 4.79 Å². The summed E-state index contributed by atoms with van der Waals surface area (Å²) in [7, 11) is 0. The Bertz CT molecular complexity index is 330. The van der Waals surface area contributed by atoms with E-state index in [4.69, 9.17) is 5.11 Å². The summed E-state index contributed by atoms with van der Waals surface area (Å²) in [4.78, 5) is 17.0. The van der Waals surface area contributed by atoms with Crippen LogP contribution in [-0.4, -0.2) is 15.1 Å². The molecule has 0 unspecified atom stereocenters. The summed E-state index contributed by atoms with van der Waals surface area (Å²) in [6, 6.07) is 0. The van der Waals surface area contributed by atoms with Crippen LogP contribution in [0.15, 0.2) is 23.8 Å². The lowest BCUT2D eigenvalue weighted by Crippen LogP contribution is -2.12. The van der Waals surface area contributed by atoms with E-state index in [1.807, 2.05) is 0 Å². The number of nitrogens with one attached hydrogen (secondary N) is 1. The maximum Gasteiger partial charge on any atom is 0.257 e. The number of aromatic amines is 1. The Balaban J connectivity index is 2.96. The standard InChI is InChI=1S/C8H10N2O2/c1-2-3-4-6-7(11)9-5-10-8(6)12/h2,5H,1,3-4H2,(H2,9,10,11,12). The van der Waals surface area contributed by atoms with Crippen LogP contribution in [0.3, 0.4) is 0 Å². The smallest absolute Gasteiger partial charge is 0.257 e. The number of aromatic nitrogens is 2. The van der Waals surface area contributed by atoms with Crippen LogP contribution in [0.25, 0.3) is 0 Å². The van der Waals surface area contributed by atoms with Crippen LogP contribution in [0.4, 0.5) is 0 Å². The predicted octanol–water partition coefficient (Wildman–Crippen LogP) is 0.594. The molecule has 1 aromatic rings. The van der Waals surface area contributed by atoms with E-state index in [0.717, 1.165) is 0 Å². The summed E-state index contributed by atoms with van der Waals surface area (Å²) in [5, 5.41) is 9.15. The van der Waals surface area contributed by atoms with Gasteiger partial charge in [0.1, 0.15) is 0 Å². The quantitative estimate of drug-likeness (QED) is 0.646. The number of hydrogen-bond donors (Lipinski definition) is 2. The van der Waals surface area contributed by atoms with Crippen LogP contribution >= 0.6 is 0 Å². The van der Waals surface area contributed by atoms with Crippen molar-refractivity contribution in [3.63, 3.8) is 0 Å². The average molecular weight is 166 g/mol. The van der Waals surface area contributed by atoms with E-state index in [2.05, 4.69) is 16.5 Å². The van der Waals surface area contributed by atoms with Crippen molar-refractivity contribution >= 4 is 0 Å². The van der Waals surface area contributed by atoms with Crippen molar-refractivity contribution in [3.05, 3.63) is 34.9 Å². The summed E-state index contributed by atoms with van der Waals surface area (Å²) in [5.74, 6) is -0.194. The minimum Gasteiger partial charge on any atom is -0.493 e. The second kappa shape index (κ2) is 3.71. The highest BCUT2D eigenvalue weighted by atomic mass is 16.3. The Morgan fingerprint density at radius 3 is 3.08 bits per heavy atom. The second-order valence-electron chi connectivity index (χ2n) is 2.36. The fraction of sp³-hybridized carbons (Fsp3) is 0.250. The molecule has 4 heteroatoms. The zero-order valence-corrected chi connectivity index (χ0v) is 6.58. The first-order valence-corrected chi connectivity index (χ1v) is 3.62. The maximum absolute atomic E-state index is 11.1. The number of hydrogen-bond acceptors (Lipinski definition) is 3. The van der Waals surface area contributed by atoms with Gasteiger partial charge >= 0.3 is 0 Å². The summed E-state index contributed by atoms with van der Waals surface area (Å²) < 4.78 is 0. The van der Waals surface area contributed by atoms with E-state index in [-0.39, 0.29) is 11.4 Å².